The quantitative estimate of drug-likeness (QED) is 0.231. The number of furan rings is 1. The van der Waals surface area contributed by atoms with Crippen molar-refractivity contribution in [1.29, 1.82) is 0 Å². The molecular weight excluding hydrogens is 464 g/mol. The van der Waals surface area contributed by atoms with Crippen molar-refractivity contribution < 1.29 is 18.3 Å². The van der Waals surface area contributed by atoms with E-state index in [1.165, 1.54) is 12.1 Å². The molecule has 1 heterocycles. The van der Waals surface area contributed by atoms with Crippen LogP contribution in [0.3, 0.4) is 0 Å². The van der Waals surface area contributed by atoms with E-state index in [2.05, 4.69) is 15.6 Å². The van der Waals surface area contributed by atoms with Crippen LogP contribution in [0.5, 0.6) is 0 Å². The highest BCUT2D eigenvalue weighted by Gasteiger charge is 2.11. The third-order valence-corrected chi connectivity index (χ3v) is 3.79. The topological polar surface area (TPSA) is 68.0 Å². The number of benzene rings is 1. The van der Waals surface area contributed by atoms with E-state index in [1.54, 1.807) is 32.6 Å². The molecule has 1 aromatic carbocycles. The molecule has 27 heavy (non-hydrogen) atoms. The highest BCUT2D eigenvalue weighted by molar-refractivity contribution is 14.0. The molecule has 0 saturated heterocycles. The minimum absolute atomic E-state index is 0. The summed E-state index contributed by atoms with van der Waals surface area (Å²) in [6.45, 7) is 2.36. The smallest absolute Gasteiger partial charge is 0.191 e. The van der Waals surface area contributed by atoms with E-state index in [0.717, 1.165) is 24.3 Å². The van der Waals surface area contributed by atoms with Crippen molar-refractivity contribution in [3.63, 3.8) is 0 Å². The zero-order valence-electron chi connectivity index (χ0n) is 15.6. The number of aliphatic imine (C=N–C) groups is 1. The molecule has 0 aliphatic carbocycles. The molecule has 0 aliphatic heterocycles. The number of rotatable bonds is 10. The second-order valence-electron chi connectivity index (χ2n) is 5.64. The Kier molecular flexibility index (Phi) is 11.7. The highest BCUT2D eigenvalue weighted by atomic mass is 127. The Hall–Kier alpha value is -1.65. The lowest BCUT2D eigenvalue weighted by Gasteiger charge is -2.18. The van der Waals surface area contributed by atoms with Crippen LogP contribution in [0.2, 0.25) is 0 Å². The van der Waals surface area contributed by atoms with Gasteiger partial charge in [0, 0.05) is 33.9 Å². The van der Waals surface area contributed by atoms with Crippen LogP contribution in [-0.2, 0) is 16.1 Å². The fourth-order valence-corrected chi connectivity index (χ4v) is 2.37. The lowest BCUT2D eigenvalue weighted by molar-refractivity contribution is 0.104. The Balaban J connectivity index is 0.00000364. The number of halogens is 2. The SMILES string of the molecule is CN=C(NCCCOCc1ccco1)NCC(OC)c1ccc(F)cc1.I. The zero-order chi connectivity index (χ0) is 18.6. The summed E-state index contributed by atoms with van der Waals surface area (Å²) < 4.78 is 29.2. The van der Waals surface area contributed by atoms with Gasteiger partial charge in [-0.15, -0.1) is 24.0 Å². The van der Waals surface area contributed by atoms with Crippen molar-refractivity contribution in [3.05, 3.63) is 59.8 Å². The summed E-state index contributed by atoms with van der Waals surface area (Å²) >= 11 is 0. The highest BCUT2D eigenvalue weighted by Crippen LogP contribution is 2.16. The Bertz CT molecular complexity index is 651. The summed E-state index contributed by atoms with van der Waals surface area (Å²) in [7, 11) is 3.34. The lowest BCUT2D eigenvalue weighted by atomic mass is 10.1. The summed E-state index contributed by atoms with van der Waals surface area (Å²) in [4.78, 5) is 4.18. The van der Waals surface area contributed by atoms with Gasteiger partial charge in [-0.1, -0.05) is 12.1 Å². The molecule has 0 fully saturated rings. The normalized spacial score (nSPS) is 12.3. The van der Waals surface area contributed by atoms with E-state index >= 15 is 0 Å². The molecule has 8 heteroatoms. The van der Waals surface area contributed by atoms with Gasteiger partial charge in [0.1, 0.15) is 18.2 Å². The Morgan fingerprint density at radius 2 is 2.00 bits per heavy atom. The standard InChI is InChI=1S/C19H26FN3O3.HI/c1-21-19(22-10-4-11-25-14-17-5-3-12-26-17)23-13-18(24-2)15-6-8-16(20)9-7-15;/h3,5-9,12,18H,4,10-11,13-14H2,1-2H3,(H2,21,22,23);1H. The van der Waals surface area contributed by atoms with Crippen molar-refractivity contribution in [3.8, 4) is 0 Å². The Labute approximate surface area is 176 Å². The third kappa shape index (κ3) is 8.72. The van der Waals surface area contributed by atoms with Crippen LogP contribution in [-0.4, -0.2) is 39.8 Å². The zero-order valence-corrected chi connectivity index (χ0v) is 17.9. The number of hydrogen-bond donors (Lipinski definition) is 2. The number of guanidine groups is 1. The van der Waals surface area contributed by atoms with Crippen LogP contribution < -0.4 is 10.6 Å². The van der Waals surface area contributed by atoms with Crippen LogP contribution in [0, 0.1) is 5.82 Å². The van der Waals surface area contributed by atoms with Gasteiger partial charge < -0.3 is 24.5 Å². The molecule has 1 unspecified atom stereocenters. The maximum Gasteiger partial charge on any atom is 0.191 e. The Morgan fingerprint density at radius 3 is 2.63 bits per heavy atom. The van der Waals surface area contributed by atoms with E-state index in [9.17, 15) is 4.39 Å². The first-order valence-corrected chi connectivity index (χ1v) is 8.56. The largest absolute Gasteiger partial charge is 0.467 e. The first kappa shape index (κ1) is 23.4. The van der Waals surface area contributed by atoms with E-state index in [-0.39, 0.29) is 35.9 Å². The molecular formula is C19H27FIN3O3. The van der Waals surface area contributed by atoms with Gasteiger partial charge in [0.25, 0.3) is 0 Å². The number of nitrogens with zero attached hydrogens (tertiary/aromatic N) is 1. The Morgan fingerprint density at radius 1 is 1.22 bits per heavy atom. The monoisotopic (exact) mass is 491 g/mol. The van der Waals surface area contributed by atoms with Gasteiger partial charge in [0.15, 0.2) is 5.96 Å². The van der Waals surface area contributed by atoms with Gasteiger partial charge in [0.2, 0.25) is 0 Å². The minimum Gasteiger partial charge on any atom is -0.467 e. The predicted molar refractivity (Wildman–Crippen MR) is 114 cm³/mol. The first-order valence-electron chi connectivity index (χ1n) is 8.56. The van der Waals surface area contributed by atoms with Crippen LogP contribution in [0.25, 0.3) is 0 Å². The predicted octanol–water partition coefficient (Wildman–Crippen LogP) is 3.50. The van der Waals surface area contributed by atoms with E-state index in [4.69, 9.17) is 13.9 Å². The van der Waals surface area contributed by atoms with Gasteiger partial charge in [-0.05, 0) is 36.2 Å². The molecule has 0 radical (unpaired) electrons. The number of nitrogens with one attached hydrogen (secondary N) is 2. The summed E-state index contributed by atoms with van der Waals surface area (Å²) in [5.41, 5.74) is 0.906. The van der Waals surface area contributed by atoms with Crippen molar-refractivity contribution in [2.45, 2.75) is 19.1 Å². The second kappa shape index (κ2) is 13.5. The number of ether oxygens (including phenoxy) is 2. The second-order valence-corrected chi connectivity index (χ2v) is 5.64. The fraction of sp³-hybridized carbons (Fsp3) is 0.421. The molecule has 2 rings (SSSR count). The van der Waals surface area contributed by atoms with Gasteiger partial charge in [0.05, 0.1) is 12.4 Å². The molecule has 2 aromatic rings. The van der Waals surface area contributed by atoms with Crippen molar-refractivity contribution in [2.24, 2.45) is 4.99 Å². The van der Waals surface area contributed by atoms with Gasteiger partial charge in [-0.2, -0.15) is 0 Å². The van der Waals surface area contributed by atoms with Crippen LogP contribution in [0.4, 0.5) is 4.39 Å². The van der Waals surface area contributed by atoms with E-state index in [0.29, 0.717) is 25.7 Å². The van der Waals surface area contributed by atoms with E-state index < -0.39 is 0 Å². The molecule has 1 aromatic heterocycles. The maximum absolute atomic E-state index is 13.0. The summed E-state index contributed by atoms with van der Waals surface area (Å²) in [6, 6.07) is 10.0. The molecule has 0 bridgehead atoms. The van der Waals surface area contributed by atoms with E-state index in [1.807, 2.05) is 12.1 Å². The van der Waals surface area contributed by atoms with Crippen molar-refractivity contribution >= 4 is 29.9 Å². The number of hydrogen-bond acceptors (Lipinski definition) is 4. The molecule has 150 valence electrons. The summed E-state index contributed by atoms with van der Waals surface area (Å²) in [5, 5.41) is 6.43. The van der Waals surface area contributed by atoms with Gasteiger partial charge in [-0.3, -0.25) is 4.99 Å². The molecule has 1 atom stereocenters. The molecule has 2 N–H and O–H groups in total. The average molecular weight is 491 g/mol. The molecule has 0 saturated carbocycles. The first-order chi connectivity index (χ1) is 12.7. The van der Waals surface area contributed by atoms with Gasteiger partial charge in [-0.25, -0.2) is 4.39 Å². The summed E-state index contributed by atoms with van der Waals surface area (Å²) in [5.74, 6) is 1.24. The minimum atomic E-state index is -0.261. The van der Waals surface area contributed by atoms with Crippen molar-refractivity contribution in [1.82, 2.24) is 10.6 Å². The van der Waals surface area contributed by atoms with Crippen molar-refractivity contribution in [2.75, 3.05) is 33.9 Å². The lowest BCUT2D eigenvalue weighted by Crippen LogP contribution is -2.40. The molecule has 0 amide bonds. The van der Waals surface area contributed by atoms with Crippen LogP contribution in [0.15, 0.2) is 52.1 Å². The van der Waals surface area contributed by atoms with Gasteiger partial charge >= 0.3 is 0 Å². The average Bonchev–Trinajstić information content (AvgIpc) is 3.18. The maximum atomic E-state index is 13.0. The molecule has 0 spiro atoms. The third-order valence-electron chi connectivity index (χ3n) is 3.79. The summed E-state index contributed by atoms with van der Waals surface area (Å²) in [6.07, 6.45) is 2.29. The fourth-order valence-electron chi connectivity index (χ4n) is 2.37. The number of methoxy groups -OCH3 is 1. The van der Waals surface area contributed by atoms with Crippen LogP contribution >= 0.6 is 24.0 Å². The molecule has 6 nitrogen and oxygen atoms in total. The molecule has 0 aliphatic rings. The van der Waals surface area contributed by atoms with Crippen LogP contribution in [0.1, 0.15) is 23.8 Å².